The first-order valence-corrected chi connectivity index (χ1v) is 9.28. The Morgan fingerprint density at radius 1 is 0.630 bits per heavy atom. The summed E-state index contributed by atoms with van der Waals surface area (Å²) in [6.45, 7) is 5.81. The van der Waals surface area contributed by atoms with Crippen LogP contribution in [0.5, 0.6) is 17.2 Å². The van der Waals surface area contributed by atoms with E-state index in [1.807, 2.05) is 45.0 Å². The lowest BCUT2D eigenvalue weighted by Gasteiger charge is -2.14. The summed E-state index contributed by atoms with van der Waals surface area (Å²) in [6.07, 6.45) is 2.12. The van der Waals surface area contributed by atoms with Crippen molar-refractivity contribution in [3.8, 4) is 17.2 Å². The van der Waals surface area contributed by atoms with E-state index in [0.29, 0.717) is 17.9 Å². The quantitative estimate of drug-likeness (QED) is 0.587. The van der Waals surface area contributed by atoms with Gasteiger partial charge in [0.05, 0.1) is 0 Å². The molecule has 3 heteroatoms. The third kappa shape index (κ3) is 4.25. The lowest BCUT2D eigenvalue weighted by Crippen LogP contribution is -1.98. The molecule has 0 atom stereocenters. The molecule has 140 valence electrons. The Bertz CT molecular complexity index is 974. The maximum absolute atomic E-state index is 10.7. The van der Waals surface area contributed by atoms with Crippen molar-refractivity contribution in [1.82, 2.24) is 0 Å². The molecule has 0 aliphatic carbocycles. The van der Waals surface area contributed by atoms with Gasteiger partial charge in [-0.2, -0.15) is 0 Å². The first-order chi connectivity index (χ1) is 12.9. The fourth-order valence-electron chi connectivity index (χ4n) is 3.45. The molecule has 3 rings (SSSR count). The molecule has 3 N–H and O–H groups in total. The molecule has 0 aliphatic heterocycles. The Morgan fingerprint density at radius 2 is 1.15 bits per heavy atom. The minimum Gasteiger partial charge on any atom is -0.508 e. The minimum absolute atomic E-state index is 0.286. The van der Waals surface area contributed by atoms with E-state index < -0.39 is 0 Å². The van der Waals surface area contributed by atoms with E-state index in [4.69, 9.17) is 0 Å². The van der Waals surface area contributed by atoms with Gasteiger partial charge in [0.1, 0.15) is 17.2 Å². The summed E-state index contributed by atoms with van der Waals surface area (Å²) in [6, 6.07) is 15.3. The highest BCUT2D eigenvalue weighted by molar-refractivity contribution is 5.48. The highest BCUT2D eigenvalue weighted by Crippen LogP contribution is 2.30. The summed E-state index contributed by atoms with van der Waals surface area (Å²) in [5.41, 5.74) is 6.85. The average molecular weight is 362 g/mol. The molecule has 3 aromatic rings. The molecule has 0 fully saturated rings. The molecule has 3 aromatic carbocycles. The third-order valence-corrected chi connectivity index (χ3v) is 5.03. The topological polar surface area (TPSA) is 60.7 Å². The fourth-order valence-corrected chi connectivity index (χ4v) is 3.45. The van der Waals surface area contributed by atoms with Gasteiger partial charge in [0.2, 0.25) is 0 Å². The number of benzene rings is 3. The Hall–Kier alpha value is -2.94. The molecule has 0 amide bonds. The number of phenolic OH excluding ortho intramolecular Hbond substituents is 3. The van der Waals surface area contributed by atoms with Crippen molar-refractivity contribution in [3.05, 3.63) is 87.5 Å². The van der Waals surface area contributed by atoms with Crippen LogP contribution >= 0.6 is 0 Å². The van der Waals surface area contributed by atoms with Crippen LogP contribution in [-0.4, -0.2) is 15.3 Å². The summed E-state index contributed by atoms with van der Waals surface area (Å²) in [5.74, 6) is 0.949. The maximum atomic E-state index is 10.7. The van der Waals surface area contributed by atoms with Crippen molar-refractivity contribution in [2.45, 2.75) is 40.0 Å². The van der Waals surface area contributed by atoms with Gasteiger partial charge in [0.25, 0.3) is 0 Å². The van der Waals surface area contributed by atoms with Crippen LogP contribution in [0.1, 0.15) is 45.9 Å². The fraction of sp³-hybridized carbons (Fsp3) is 0.250. The lowest BCUT2D eigenvalue weighted by atomic mass is 9.93. The van der Waals surface area contributed by atoms with Crippen molar-refractivity contribution in [1.29, 1.82) is 0 Å². The third-order valence-electron chi connectivity index (χ3n) is 5.03. The van der Waals surface area contributed by atoms with Gasteiger partial charge in [-0.05, 0) is 77.8 Å². The van der Waals surface area contributed by atoms with Gasteiger partial charge < -0.3 is 15.3 Å². The Balaban J connectivity index is 1.94. The van der Waals surface area contributed by atoms with Gasteiger partial charge in [-0.25, -0.2) is 0 Å². The van der Waals surface area contributed by atoms with Crippen molar-refractivity contribution in [3.63, 3.8) is 0 Å². The number of aromatic hydroxyl groups is 3. The molecule has 0 aromatic heterocycles. The monoisotopic (exact) mass is 362 g/mol. The summed E-state index contributed by atoms with van der Waals surface area (Å²) in [5, 5.41) is 30.1. The number of phenols is 3. The van der Waals surface area contributed by atoms with Gasteiger partial charge in [0.15, 0.2) is 0 Å². The second-order valence-electron chi connectivity index (χ2n) is 7.21. The molecule has 27 heavy (non-hydrogen) atoms. The lowest BCUT2D eigenvalue weighted by molar-refractivity contribution is 0.462. The van der Waals surface area contributed by atoms with Gasteiger partial charge in [0, 0.05) is 6.42 Å². The van der Waals surface area contributed by atoms with Gasteiger partial charge in [-0.3, -0.25) is 0 Å². The van der Waals surface area contributed by atoms with Gasteiger partial charge in [-0.1, -0.05) is 43.3 Å². The predicted molar refractivity (Wildman–Crippen MR) is 109 cm³/mol. The standard InChI is InChI=1S/C24H26O3/c1-4-20-13-19(11-17-5-7-22(25)15(2)9-17)14-21(24(20)27)12-18-6-8-23(26)16(3)10-18/h5-10,13-14,25-27H,4,11-12H2,1-3H3. The zero-order valence-corrected chi connectivity index (χ0v) is 16.1. The molecular formula is C24H26O3. The molecule has 0 unspecified atom stereocenters. The van der Waals surface area contributed by atoms with E-state index in [2.05, 4.69) is 12.1 Å². The predicted octanol–water partition coefficient (Wildman–Crippen LogP) is 5.16. The summed E-state index contributed by atoms with van der Waals surface area (Å²) in [4.78, 5) is 0. The minimum atomic E-state index is 0.286. The highest BCUT2D eigenvalue weighted by atomic mass is 16.3. The van der Waals surface area contributed by atoms with E-state index in [1.165, 1.54) is 0 Å². The zero-order valence-electron chi connectivity index (χ0n) is 16.1. The van der Waals surface area contributed by atoms with Crippen LogP contribution in [0.3, 0.4) is 0 Å². The summed E-state index contributed by atoms with van der Waals surface area (Å²) < 4.78 is 0. The Morgan fingerprint density at radius 3 is 1.67 bits per heavy atom. The molecule has 0 radical (unpaired) electrons. The Kier molecular flexibility index (Phi) is 5.41. The van der Waals surface area contributed by atoms with Crippen LogP contribution in [0.2, 0.25) is 0 Å². The summed E-state index contributed by atoms with van der Waals surface area (Å²) >= 11 is 0. The molecule has 3 nitrogen and oxygen atoms in total. The largest absolute Gasteiger partial charge is 0.508 e. The van der Waals surface area contributed by atoms with Crippen molar-refractivity contribution < 1.29 is 15.3 Å². The second-order valence-corrected chi connectivity index (χ2v) is 7.21. The smallest absolute Gasteiger partial charge is 0.122 e. The van der Waals surface area contributed by atoms with E-state index >= 15 is 0 Å². The molecule has 0 saturated carbocycles. The Labute approximate surface area is 160 Å². The van der Waals surface area contributed by atoms with Crippen LogP contribution < -0.4 is 0 Å². The van der Waals surface area contributed by atoms with Gasteiger partial charge in [-0.15, -0.1) is 0 Å². The summed E-state index contributed by atoms with van der Waals surface area (Å²) in [7, 11) is 0. The van der Waals surface area contributed by atoms with E-state index in [0.717, 1.165) is 51.8 Å². The van der Waals surface area contributed by atoms with Crippen molar-refractivity contribution in [2.24, 2.45) is 0 Å². The van der Waals surface area contributed by atoms with Crippen LogP contribution in [0.4, 0.5) is 0 Å². The first-order valence-electron chi connectivity index (χ1n) is 9.28. The number of hydrogen-bond acceptors (Lipinski definition) is 3. The van der Waals surface area contributed by atoms with E-state index in [1.54, 1.807) is 12.1 Å². The van der Waals surface area contributed by atoms with E-state index in [-0.39, 0.29) is 5.75 Å². The first kappa shape index (κ1) is 18.8. The zero-order chi connectivity index (χ0) is 19.6. The molecule has 0 aliphatic rings. The van der Waals surface area contributed by atoms with E-state index in [9.17, 15) is 15.3 Å². The van der Waals surface area contributed by atoms with Crippen LogP contribution in [-0.2, 0) is 19.3 Å². The van der Waals surface area contributed by atoms with Crippen LogP contribution in [0, 0.1) is 13.8 Å². The number of hydrogen-bond donors (Lipinski definition) is 3. The van der Waals surface area contributed by atoms with Crippen LogP contribution in [0.15, 0.2) is 48.5 Å². The molecule has 0 heterocycles. The average Bonchev–Trinajstić information content (AvgIpc) is 2.64. The molecule has 0 spiro atoms. The van der Waals surface area contributed by atoms with Crippen LogP contribution in [0.25, 0.3) is 0 Å². The molecular weight excluding hydrogens is 336 g/mol. The number of rotatable bonds is 5. The van der Waals surface area contributed by atoms with Crippen molar-refractivity contribution in [2.75, 3.05) is 0 Å². The maximum Gasteiger partial charge on any atom is 0.122 e. The second kappa shape index (κ2) is 7.75. The van der Waals surface area contributed by atoms with Crippen molar-refractivity contribution >= 4 is 0 Å². The number of aryl methyl sites for hydroxylation is 3. The molecule has 0 saturated heterocycles. The van der Waals surface area contributed by atoms with Gasteiger partial charge >= 0.3 is 0 Å². The SMILES string of the molecule is CCc1cc(Cc2ccc(O)c(C)c2)cc(Cc2ccc(O)c(C)c2)c1O. The molecule has 0 bridgehead atoms. The normalized spacial score (nSPS) is 10.9. The highest BCUT2D eigenvalue weighted by Gasteiger charge is 2.11.